The molecule has 8 heteroatoms. The fourth-order valence-electron chi connectivity index (χ4n) is 1.59. The maximum atomic E-state index is 13.0. The molecule has 0 unspecified atom stereocenters. The Labute approximate surface area is 129 Å². The predicted molar refractivity (Wildman–Crippen MR) is 84.3 cm³/mol. The first kappa shape index (κ1) is 15.1. The number of benzene rings is 2. The lowest BCUT2D eigenvalue weighted by Crippen LogP contribution is -2.19. The van der Waals surface area contributed by atoms with Gasteiger partial charge in [0.15, 0.2) is 5.11 Å². The summed E-state index contributed by atoms with van der Waals surface area (Å²) in [6.07, 6.45) is 0. The summed E-state index contributed by atoms with van der Waals surface area (Å²) < 4.78 is 13.0. The van der Waals surface area contributed by atoms with Crippen molar-refractivity contribution < 1.29 is 9.31 Å². The molecule has 0 aliphatic carbocycles. The van der Waals surface area contributed by atoms with Crippen LogP contribution in [0.15, 0.2) is 42.5 Å². The van der Waals surface area contributed by atoms with Crippen LogP contribution in [0.25, 0.3) is 0 Å². The largest absolute Gasteiger partial charge is 0.332 e. The molecule has 0 radical (unpaired) electrons. The van der Waals surface area contributed by atoms with Crippen LogP contribution >= 0.6 is 23.8 Å². The van der Waals surface area contributed by atoms with E-state index in [1.54, 1.807) is 12.1 Å². The van der Waals surface area contributed by atoms with Gasteiger partial charge in [0.05, 0.1) is 4.92 Å². The zero-order valence-electron chi connectivity index (χ0n) is 10.5. The number of hydrogen-bond donors (Lipinski definition) is 2. The number of thiocarbonyl (C=S) groups is 1. The van der Waals surface area contributed by atoms with Gasteiger partial charge in [0.1, 0.15) is 10.8 Å². The quantitative estimate of drug-likeness (QED) is 0.503. The third-order valence-corrected chi connectivity index (χ3v) is 3.01. The molecule has 21 heavy (non-hydrogen) atoms. The van der Waals surface area contributed by atoms with Crippen molar-refractivity contribution in [2.75, 3.05) is 10.6 Å². The van der Waals surface area contributed by atoms with Crippen LogP contribution in [0, 0.1) is 15.9 Å². The third-order valence-electron chi connectivity index (χ3n) is 2.48. The van der Waals surface area contributed by atoms with Crippen LogP contribution < -0.4 is 10.6 Å². The van der Waals surface area contributed by atoms with Crippen LogP contribution in [-0.2, 0) is 0 Å². The maximum absolute atomic E-state index is 13.0. The molecule has 0 aliphatic heterocycles. The van der Waals surface area contributed by atoms with Crippen molar-refractivity contribution in [3.8, 4) is 0 Å². The molecule has 2 N–H and O–H groups in total. The van der Waals surface area contributed by atoms with Gasteiger partial charge in [-0.25, -0.2) is 4.39 Å². The number of anilines is 2. The first-order valence-electron chi connectivity index (χ1n) is 5.73. The Hall–Kier alpha value is -2.25. The van der Waals surface area contributed by atoms with E-state index in [0.717, 1.165) is 0 Å². The van der Waals surface area contributed by atoms with Crippen LogP contribution in [0.5, 0.6) is 0 Å². The van der Waals surface area contributed by atoms with Gasteiger partial charge in [0.25, 0.3) is 5.69 Å². The number of nitro groups is 1. The summed E-state index contributed by atoms with van der Waals surface area (Å²) >= 11 is 10.8. The Morgan fingerprint density at radius 2 is 1.86 bits per heavy atom. The molecular weight excluding hydrogens is 317 g/mol. The molecule has 0 atom stereocenters. The highest BCUT2D eigenvalue weighted by molar-refractivity contribution is 7.80. The first-order chi connectivity index (χ1) is 9.95. The molecule has 0 amide bonds. The van der Waals surface area contributed by atoms with Gasteiger partial charge in [-0.1, -0.05) is 17.7 Å². The average Bonchev–Trinajstić information content (AvgIpc) is 2.40. The van der Waals surface area contributed by atoms with E-state index in [1.807, 2.05) is 0 Å². The molecule has 0 saturated heterocycles. The predicted octanol–water partition coefficient (Wildman–Crippen LogP) is 4.20. The lowest BCUT2D eigenvalue weighted by Gasteiger charge is -2.10. The van der Waals surface area contributed by atoms with Crippen LogP contribution in [0.3, 0.4) is 0 Å². The van der Waals surface area contributed by atoms with Crippen LogP contribution in [-0.4, -0.2) is 10.0 Å². The maximum Gasteiger partial charge on any atom is 0.289 e. The molecular formula is C13H9ClFN3O2S. The van der Waals surface area contributed by atoms with Gasteiger partial charge in [0, 0.05) is 17.4 Å². The third kappa shape index (κ3) is 4.11. The zero-order valence-corrected chi connectivity index (χ0v) is 12.0. The van der Waals surface area contributed by atoms with E-state index in [0.29, 0.717) is 11.4 Å². The Morgan fingerprint density at radius 1 is 1.19 bits per heavy atom. The highest BCUT2D eigenvalue weighted by Crippen LogP contribution is 2.27. The van der Waals surface area contributed by atoms with E-state index < -0.39 is 10.7 Å². The van der Waals surface area contributed by atoms with Crippen molar-refractivity contribution >= 4 is 46.0 Å². The molecule has 0 spiro atoms. The minimum atomic E-state index is -0.587. The standard InChI is InChI=1S/C13H9ClFN3O2S/c14-11-5-4-10(7-12(11)18(19)20)17-13(21)16-9-3-1-2-8(15)6-9/h1-7H,(H2,16,17,21). The molecule has 2 aromatic rings. The molecule has 0 fully saturated rings. The molecule has 0 aromatic heterocycles. The molecule has 0 aliphatic rings. The van der Waals surface area contributed by atoms with E-state index in [-0.39, 0.29) is 15.8 Å². The van der Waals surface area contributed by atoms with Crippen molar-refractivity contribution in [3.05, 3.63) is 63.4 Å². The van der Waals surface area contributed by atoms with Gasteiger partial charge >= 0.3 is 0 Å². The number of rotatable bonds is 3. The second kappa shape index (κ2) is 6.47. The minimum Gasteiger partial charge on any atom is -0.332 e. The summed E-state index contributed by atoms with van der Waals surface area (Å²) in [7, 11) is 0. The van der Waals surface area contributed by atoms with Gasteiger partial charge < -0.3 is 10.6 Å². The van der Waals surface area contributed by atoms with Crippen molar-refractivity contribution in [2.24, 2.45) is 0 Å². The lowest BCUT2D eigenvalue weighted by molar-refractivity contribution is -0.384. The normalized spacial score (nSPS) is 10.0. The molecule has 5 nitrogen and oxygen atoms in total. The van der Waals surface area contributed by atoms with E-state index in [9.17, 15) is 14.5 Å². The number of nitrogens with zero attached hydrogens (tertiary/aromatic N) is 1. The van der Waals surface area contributed by atoms with E-state index >= 15 is 0 Å². The number of hydrogen-bond acceptors (Lipinski definition) is 3. The van der Waals surface area contributed by atoms with E-state index in [1.165, 1.54) is 30.3 Å². The van der Waals surface area contributed by atoms with Gasteiger partial charge in [-0.2, -0.15) is 0 Å². The SMILES string of the molecule is O=[N+]([O-])c1cc(NC(=S)Nc2cccc(F)c2)ccc1Cl. The average molecular weight is 326 g/mol. The highest BCUT2D eigenvalue weighted by atomic mass is 35.5. The highest BCUT2D eigenvalue weighted by Gasteiger charge is 2.13. The van der Waals surface area contributed by atoms with Crippen molar-refractivity contribution in [2.45, 2.75) is 0 Å². The summed E-state index contributed by atoms with van der Waals surface area (Å²) in [6, 6.07) is 9.97. The molecule has 0 bridgehead atoms. The Bertz CT molecular complexity index is 712. The summed E-state index contributed by atoms with van der Waals surface area (Å²) in [5, 5.41) is 16.5. The number of halogens is 2. The van der Waals surface area contributed by atoms with E-state index in [4.69, 9.17) is 23.8 Å². The second-order valence-corrected chi connectivity index (χ2v) is 4.83. The molecule has 0 saturated carbocycles. The van der Waals surface area contributed by atoms with Gasteiger partial charge in [-0.05, 0) is 42.5 Å². The number of nitrogens with one attached hydrogen (secondary N) is 2. The summed E-state index contributed by atoms with van der Waals surface area (Å²) in [5.41, 5.74) is 0.645. The molecule has 0 heterocycles. The van der Waals surface area contributed by atoms with E-state index in [2.05, 4.69) is 10.6 Å². The van der Waals surface area contributed by atoms with Crippen LogP contribution in [0.1, 0.15) is 0 Å². The van der Waals surface area contributed by atoms with Crippen molar-refractivity contribution in [1.82, 2.24) is 0 Å². The fraction of sp³-hybridized carbons (Fsp3) is 0. The zero-order chi connectivity index (χ0) is 15.4. The van der Waals surface area contributed by atoms with Crippen molar-refractivity contribution in [1.29, 1.82) is 0 Å². The summed E-state index contributed by atoms with van der Waals surface area (Å²) in [4.78, 5) is 10.2. The summed E-state index contributed by atoms with van der Waals surface area (Å²) in [5.74, 6) is -0.398. The molecule has 2 aromatic carbocycles. The first-order valence-corrected chi connectivity index (χ1v) is 6.52. The Morgan fingerprint density at radius 3 is 2.48 bits per heavy atom. The summed E-state index contributed by atoms with van der Waals surface area (Å²) in [6.45, 7) is 0. The lowest BCUT2D eigenvalue weighted by atomic mass is 10.3. The number of nitro benzene ring substituents is 1. The molecule has 2 rings (SSSR count). The van der Waals surface area contributed by atoms with Crippen LogP contribution in [0.2, 0.25) is 5.02 Å². The van der Waals surface area contributed by atoms with Gasteiger partial charge in [-0.15, -0.1) is 0 Å². The van der Waals surface area contributed by atoms with Gasteiger partial charge in [0.2, 0.25) is 0 Å². The second-order valence-electron chi connectivity index (χ2n) is 4.01. The van der Waals surface area contributed by atoms with Crippen molar-refractivity contribution in [3.63, 3.8) is 0 Å². The van der Waals surface area contributed by atoms with Gasteiger partial charge in [-0.3, -0.25) is 10.1 Å². The fourth-order valence-corrected chi connectivity index (χ4v) is 2.01. The molecule has 108 valence electrons. The topological polar surface area (TPSA) is 67.2 Å². The Balaban J connectivity index is 2.09. The van der Waals surface area contributed by atoms with Crippen LogP contribution in [0.4, 0.5) is 21.5 Å². The minimum absolute atomic E-state index is 0.0366. The smallest absolute Gasteiger partial charge is 0.289 e. The Kier molecular flexibility index (Phi) is 4.66. The monoisotopic (exact) mass is 325 g/mol.